The molecule has 0 aromatic carbocycles. The van der Waals surface area contributed by atoms with E-state index in [0.717, 1.165) is 19.3 Å². The first-order valence-electron chi connectivity index (χ1n) is 8.75. The number of nitrogens with one attached hydrogen (secondary N) is 1. The lowest BCUT2D eigenvalue weighted by atomic mass is 9.57. The number of ether oxygens (including phenoxy) is 2. The van der Waals surface area contributed by atoms with Crippen LogP contribution in [0.3, 0.4) is 0 Å². The summed E-state index contributed by atoms with van der Waals surface area (Å²) in [6, 6.07) is 0.0165. The molecule has 0 bridgehead atoms. The second-order valence-electron chi connectivity index (χ2n) is 7.19. The van der Waals surface area contributed by atoms with E-state index in [4.69, 9.17) is 21.1 Å². The number of alkyl carbamates (subject to hydrolysis) is 1. The van der Waals surface area contributed by atoms with Crippen LogP contribution in [0.25, 0.3) is 0 Å². The molecule has 24 heavy (non-hydrogen) atoms. The quantitative estimate of drug-likeness (QED) is 0.620. The van der Waals surface area contributed by atoms with Gasteiger partial charge in [0.2, 0.25) is 5.24 Å². The van der Waals surface area contributed by atoms with Crippen LogP contribution in [0, 0.1) is 29.6 Å². The molecule has 6 nitrogen and oxygen atoms in total. The number of carbonyl (C=O) groups is 3. The van der Waals surface area contributed by atoms with Crippen LogP contribution in [0.5, 0.6) is 0 Å². The summed E-state index contributed by atoms with van der Waals surface area (Å²) in [5.41, 5.74) is 0. The summed E-state index contributed by atoms with van der Waals surface area (Å²) in [7, 11) is 0. The van der Waals surface area contributed by atoms with Gasteiger partial charge in [0.25, 0.3) is 0 Å². The average Bonchev–Trinajstić information content (AvgIpc) is 2.79. The van der Waals surface area contributed by atoms with Crippen LogP contribution >= 0.6 is 11.6 Å². The zero-order valence-corrected chi connectivity index (χ0v) is 14.8. The first-order chi connectivity index (χ1) is 11.4. The first kappa shape index (κ1) is 17.5. The van der Waals surface area contributed by atoms with Gasteiger partial charge < -0.3 is 14.8 Å². The second kappa shape index (κ2) is 6.90. The molecule has 0 unspecified atom stereocenters. The SMILES string of the molecule is CCOC(=O)N[C@@H]1CC[C@@H]2[C@@H](C1)C[C@H]1C(=O)O[C@H](C)[C@H]1[C@H]2C(=O)Cl. The van der Waals surface area contributed by atoms with Gasteiger partial charge in [0, 0.05) is 17.9 Å². The third-order valence-electron chi connectivity index (χ3n) is 5.94. The van der Waals surface area contributed by atoms with Crippen LogP contribution in [0.4, 0.5) is 4.79 Å². The van der Waals surface area contributed by atoms with E-state index in [-0.39, 0.29) is 52.9 Å². The van der Waals surface area contributed by atoms with Gasteiger partial charge in [0.05, 0.1) is 12.5 Å². The monoisotopic (exact) mass is 357 g/mol. The number of rotatable bonds is 3. The minimum atomic E-state index is -0.409. The molecule has 0 spiro atoms. The van der Waals surface area contributed by atoms with Crippen molar-refractivity contribution in [2.24, 2.45) is 29.6 Å². The van der Waals surface area contributed by atoms with Crippen molar-refractivity contribution in [3.05, 3.63) is 0 Å². The fourth-order valence-corrected chi connectivity index (χ4v) is 5.37. The van der Waals surface area contributed by atoms with E-state index in [1.54, 1.807) is 6.92 Å². The number of halogens is 1. The smallest absolute Gasteiger partial charge is 0.407 e. The third kappa shape index (κ3) is 3.13. The minimum absolute atomic E-state index is 0.0165. The Kier molecular flexibility index (Phi) is 5.04. The molecule has 3 fully saturated rings. The predicted octanol–water partition coefficient (Wildman–Crippen LogP) is 2.48. The van der Waals surface area contributed by atoms with Crippen LogP contribution in [0.15, 0.2) is 0 Å². The molecule has 2 aliphatic carbocycles. The van der Waals surface area contributed by atoms with Crippen LogP contribution in [0.2, 0.25) is 0 Å². The molecular formula is C17H24ClNO5. The molecule has 3 rings (SSSR count). The maximum Gasteiger partial charge on any atom is 0.407 e. The molecule has 1 heterocycles. The summed E-state index contributed by atoms with van der Waals surface area (Å²) in [5, 5.41) is 2.52. The molecule has 0 radical (unpaired) electrons. The Morgan fingerprint density at radius 3 is 2.75 bits per heavy atom. The molecule has 1 N–H and O–H groups in total. The van der Waals surface area contributed by atoms with E-state index < -0.39 is 6.09 Å². The summed E-state index contributed by atoms with van der Waals surface area (Å²) in [5.74, 6) is -0.561. The summed E-state index contributed by atoms with van der Waals surface area (Å²) in [6.45, 7) is 3.95. The topological polar surface area (TPSA) is 81.7 Å². The van der Waals surface area contributed by atoms with E-state index >= 15 is 0 Å². The zero-order valence-electron chi connectivity index (χ0n) is 14.0. The van der Waals surface area contributed by atoms with E-state index in [9.17, 15) is 14.4 Å². The highest BCUT2D eigenvalue weighted by Gasteiger charge is 2.57. The van der Waals surface area contributed by atoms with Crippen molar-refractivity contribution in [1.29, 1.82) is 0 Å². The number of cyclic esters (lactones) is 1. The average molecular weight is 358 g/mol. The molecule has 1 amide bonds. The van der Waals surface area contributed by atoms with Gasteiger partial charge in [-0.1, -0.05) is 0 Å². The predicted molar refractivity (Wildman–Crippen MR) is 86.3 cm³/mol. The molecule has 1 saturated heterocycles. The lowest BCUT2D eigenvalue weighted by Crippen LogP contribution is -2.50. The molecule has 1 aliphatic heterocycles. The first-order valence-corrected chi connectivity index (χ1v) is 9.13. The molecule has 0 aromatic heterocycles. The normalized spacial score (nSPS) is 41.0. The van der Waals surface area contributed by atoms with Gasteiger partial charge in [-0.25, -0.2) is 4.79 Å². The minimum Gasteiger partial charge on any atom is -0.462 e. The fraction of sp³-hybridized carbons (Fsp3) is 0.824. The van der Waals surface area contributed by atoms with Gasteiger partial charge in [-0.05, 0) is 63.0 Å². The zero-order chi connectivity index (χ0) is 17.4. The summed E-state index contributed by atoms with van der Waals surface area (Å²) in [4.78, 5) is 35.9. The van der Waals surface area contributed by atoms with E-state index in [1.807, 2.05) is 6.92 Å². The number of hydrogen-bond acceptors (Lipinski definition) is 5. The molecule has 2 saturated carbocycles. The Morgan fingerprint density at radius 1 is 1.33 bits per heavy atom. The van der Waals surface area contributed by atoms with Gasteiger partial charge in [0.1, 0.15) is 6.10 Å². The molecule has 134 valence electrons. The van der Waals surface area contributed by atoms with Gasteiger partial charge in [-0.2, -0.15) is 0 Å². The van der Waals surface area contributed by atoms with Crippen LogP contribution in [-0.2, 0) is 19.1 Å². The van der Waals surface area contributed by atoms with Crippen molar-refractivity contribution in [2.75, 3.05) is 6.61 Å². The molecular weight excluding hydrogens is 334 g/mol. The second-order valence-corrected chi connectivity index (χ2v) is 7.56. The van der Waals surface area contributed by atoms with Crippen LogP contribution < -0.4 is 5.32 Å². The Bertz CT molecular complexity index is 539. The highest BCUT2D eigenvalue weighted by molar-refractivity contribution is 6.64. The van der Waals surface area contributed by atoms with Crippen molar-refractivity contribution in [2.45, 2.75) is 51.7 Å². The fourth-order valence-electron chi connectivity index (χ4n) is 5.06. The van der Waals surface area contributed by atoms with E-state index in [0.29, 0.717) is 13.0 Å². The number of esters is 1. The molecule has 0 aromatic rings. The number of hydrogen-bond donors (Lipinski definition) is 1. The van der Waals surface area contributed by atoms with Crippen molar-refractivity contribution in [1.82, 2.24) is 5.32 Å². The number of amides is 1. The Hall–Kier alpha value is -1.30. The Balaban J connectivity index is 1.74. The van der Waals surface area contributed by atoms with Gasteiger partial charge in [-0.3, -0.25) is 9.59 Å². The summed E-state index contributed by atoms with van der Waals surface area (Å²) >= 11 is 5.92. The maximum absolute atomic E-state index is 12.1. The highest BCUT2D eigenvalue weighted by Crippen LogP contribution is 2.53. The van der Waals surface area contributed by atoms with Crippen molar-refractivity contribution < 1.29 is 23.9 Å². The largest absolute Gasteiger partial charge is 0.462 e. The van der Waals surface area contributed by atoms with Gasteiger partial charge in [0.15, 0.2) is 0 Å². The van der Waals surface area contributed by atoms with Crippen LogP contribution in [-0.4, -0.2) is 36.1 Å². The van der Waals surface area contributed by atoms with Gasteiger partial charge in [-0.15, -0.1) is 0 Å². The van der Waals surface area contributed by atoms with Crippen molar-refractivity contribution in [3.8, 4) is 0 Å². The highest BCUT2D eigenvalue weighted by atomic mass is 35.5. The lowest BCUT2D eigenvalue weighted by molar-refractivity contribution is -0.144. The van der Waals surface area contributed by atoms with Crippen molar-refractivity contribution in [3.63, 3.8) is 0 Å². The summed E-state index contributed by atoms with van der Waals surface area (Å²) < 4.78 is 10.3. The lowest BCUT2D eigenvalue weighted by Gasteiger charge is -2.47. The standard InChI is InChI=1S/C17H24ClNO5/c1-3-23-17(22)19-10-4-5-11-9(6-10)7-12-13(14(11)15(18)20)8(2)24-16(12)21/h8-14H,3-7H2,1-2H3,(H,19,22)/t8-,9+,10-,11-,12-,13-,14+/m1/s1. The third-order valence-corrected chi connectivity index (χ3v) is 6.20. The summed E-state index contributed by atoms with van der Waals surface area (Å²) in [6.07, 6.45) is 2.39. The Labute approximate surface area is 146 Å². The van der Waals surface area contributed by atoms with E-state index in [2.05, 4.69) is 5.32 Å². The van der Waals surface area contributed by atoms with Gasteiger partial charge >= 0.3 is 12.1 Å². The molecule has 3 aliphatic rings. The number of fused-ring (bicyclic) bond motifs is 2. The maximum atomic E-state index is 12.1. The molecule has 7 atom stereocenters. The number of carbonyl (C=O) groups excluding carboxylic acids is 3. The Morgan fingerprint density at radius 2 is 2.08 bits per heavy atom. The van der Waals surface area contributed by atoms with Crippen molar-refractivity contribution >= 4 is 28.9 Å². The molecule has 7 heteroatoms. The van der Waals surface area contributed by atoms with Crippen LogP contribution in [0.1, 0.15) is 39.5 Å². The van der Waals surface area contributed by atoms with E-state index in [1.165, 1.54) is 0 Å².